The highest BCUT2D eigenvalue weighted by Crippen LogP contribution is 2.52. The molecule has 1 fully saturated rings. The maximum absolute atomic E-state index is 11.0. The lowest BCUT2D eigenvalue weighted by molar-refractivity contribution is -0.388. The van der Waals surface area contributed by atoms with Crippen LogP contribution in [0.1, 0.15) is 24.8 Å². The van der Waals surface area contributed by atoms with Crippen molar-refractivity contribution >= 4 is 23.4 Å². The Kier molecular flexibility index (Phi) is 3.90. The van der Waals surface area contributed by atoms with Gasteiger partial charge in [-0.15, -0.1) is 0 Å². The van der Waals surface area contributed by atoms with Gasteiger partial charge in [0.05, 0.1) is 16.9 Å². The first kappa shape index (κ1) is 14.3. The predicted octanol–water partition coefficient (Wildman–Crippen LogP) is 2.21. The fourth-order valence-electron chi connectivity index (χ4n) is 1.83. The number of nitro groups is 1. The molecule has 104 valence electrons. The number of carboxylic acid groups (broad SMARTS) is 1. The lowest BCUT2D eigenvalue weighted by atomic mass is 10.1. The van der Waals surface area contributed by atoms with Gasteiger partial charge in [0, 0.05) is 18.0 Å². The first-order chi connectivity index (χ1) is 9.46. The number of carbonyl (C=O) groups is 1. The number of nitrogens with zero attached hydrogens (tertiary/aromatic N) is 3. The van der Waals surface area contributed by atoms with Crippen LogP contribution in [-0.4, -0.2) is 26.7 Å². The van der Waals surface area contributed by atoms with Crippen molar-refractivity contribution in [3.8, 4) is 6.07 Å². The summed E-state index contributed by atoms with van der Waals surface area (Å²) in [7, 11) is 0. The third-order valence-electron chi connectivity index (χ3n) is 3.16. The van der Waals surface area contributed by atoms with Gasteiger partial charge in [0.15, 0.2) is 5.03 Å². The van der Waals surface area contributed by atoms with E-state index >= 15 is 0 Å². The lowest BCUT2D eigenvalue weighted by Gasteiger charge is -2.11. The number of hydrogen-bond donors (Lipinski definition) is 1. The van der Waals surface area contributed by atoms with Crippen LogP contribution in [0.5, 0.6) is 0 Å². The van der Waals surface area contributed by atoms with Crippen molar-refractivity contribution in [2.24, 2.45) is 5.41 Å². The Balaban J connectivity index is 2.12. The average molecular weight is 293 g/mol. The number of rotatable bonds is 6. The van der Waals surface area contributed by atoms with Crippen molar-refractivity contribution in [2.45, 2.75) is 24.3 Å². The minimum atomic E-state index is -0.856. The summed E-state index contributed by atoms with van der Waals surface area (Å²) in [5.41, 5.74) is -0.340. The fourth-order valence-corrected chi connectivity index (χ4v) is 3.08. The summed E-state index contributed by atoms with van der Waals surface area (Å²) in [5.74, 6) is -0.371. The highest BCUT2D eigenvalue weighted by molar-refractivity contribution is 7.99. The Hall–Kier alpha value is -2.14. The Morgan fingerprint density at radius 1 is 1.65 bits per heavy atom. The van der Waals surface area contributed by atoms with Crippen molar-refractivity contribution in [2.75, 3.05) is 5.75 Å². The Morgan fingerprint density at radius 3 is 2.85 bits per heavy atom. The van der Waals surface area contributed by atoms with Gasteiger partial charge in [-0.2, -0.15) is 5.26 Å². The maximum Gasteiger partial charge on any atom is 0.303 e. The third kappa shape index (κ3) is 3.24. The second kappa shape index (κ2) is 5.46. The van der Waals surface area contributed by atoms with Crippen molar-refractivity contribution in [3.63, 3.8) is 0 Å². The van der Waals surface area contributed by atoms with E-state index < -0.39 is 10.9 Å². The number of pyridine rings is 1. The van der Waals surface area contributed by atoms with Crippen LogP contribution in [0.25, 0.3) is 0 Å². The van der Waals surface area contributed by atoms with E-state index in [4.69, 9.17) is 10.4 Å². The van der Waals surface area contributed by atoms with Gasteiger partial charge in [0.2, 0.25) is 0 Å². The number of nitriles is 1. The van der Waals surface area contributed by atoms with Crippen LogP contribution in [0, 0.1) is 26.9 Å². The molecule has 20 heavy (non-hydrogen) atoms. The van der Waals surface area contributed by atoms with E-state index in [0.29, 0.717) is 5.75 Å². The first-order valence-corrected chi connectivity index (χ1v) is 6.83. The van der Waals surface area contributed by atoms with Crippen LogP contribution < -0.4 is 0 Å². The summed E-state index contributed by atoms with van der Waals surface area (Å²) in [5, 5.41) is 28.7. The van der Waals surface area contributed by atoms with Gasteiger partial charge in [-0.25, -0.2) is 4.98 Å². The molecule has 2 rings (SSSR count). The molecule has 1 aromatic heterocycles. The van der Waals surface area contributed by atoms with Crippen LogP contribution >= 0.6 is 11.8 Å². The van der Waals surface area contributed by atoms with Crippen molar-refractivity contribution in [3.05, 3.63) is 27.9 Å². The third-order valence-corrected chi connectivity index (χ3v) is 4.50. The largest absolute Gasteiger partial charge is 0.481 e. The highest BCUT2D eigenvalue weighted by atomic mass is 32.2. The summed E-state index contributed by atoms with van der Waals surface area (Å²) < 4.78 is 0. The molecule has 0 atom stereocenters. The predicted molar refractivity (Wildman–Crippen MR) is 70.3 cm³/mol. The molecule has 8 heteroatoms. The molecule has 1 aliphatic carbocycles. The summed E-state index contributed by atoms with van der Waals surface area (Å²) >= 11 is 1.18. The van der Waals surface area contributed by atoms with E-state index in [2.05, 4.69) is 4.98 Å². The molecule has 0 saturated heterocycles. The topological polar surface area (TPSA) is 117 Å². The van der Waals surface area contributed by atoms with Gasteiger partial charge < -0.3 is 5.11 Å². The SMILES string of the molecule is N#Cc1cnc(SCC2(CC(=O)O)CC2)c([N+](=O)[O-])c1. The monoisotopic (exact) mass is 293 g/mol. The number of aromatic nitrogens is 1. The zero-order valence-corrected chi connectivity index (χ0v) is 11.2. The van der Waals surface area contributed by atoms with Gasteiger partial charge in [-0.3, -0.25) is 14.9 Å². The standard InChI is InChI=1S/C12H11N3O4S/c13-5-8-3-9(15(18)19)11(14-6-8)20-7-12(1-2-12)4-10(16)17/h3,6H,1-2,4,7H2,(H,16,17). The molecular weight excluding hydrogens is 282 g/mol. The molecule has 1 aliphatic rings. The Morgan fingerprint density at radius 2 is 2.35 bits per heavy atom. The van der Waals surface area contributed by atoms with Crippen LogP contribution in [0.2, 0.25) is 0 Å². The van der Waals surface area contributed by atoms with E-state index in [1.165, 1.54) is 24.0 Å². The molecule has 0 amide bonds. The van der Waals surface area contributed by atoms with E-state index in [0.717, 1.165) is 12.8 Å². The molecule has 1 aromatic rings. The van der Waals surface area contributed by atoms with E-state index in [-0.39, 0.29) is 28.1 Å². The zero-order chi connectivity index (χ0) is 14.8. The molecular formula is C12H11N3O4S. The molecule has 0 radical (unpaired) electrons. The molecule has 0 aliphatic heterocycles. The summed E-state index contributed by atoms with van der Waals surface area (Å²) in [6, 6.07) is 2.99. The first-order valence-electron chi connectivity index (χ1n) is 5.85. The summed E-state index contributed by atoms with van der Waals surface area (Å²) in [6.45, 7) is 0. The van der Waals surface area contributed by atoms with Gasteiger partial charge in [-0.05, 0) is 18.3 Å². The molecule has 7 nitrogen and oxygen atoms in total. The molecule has 0 aromatic carbocycles. The quantitative estimate of drug-likeness (QED) is 0.485. The van der Waals surface area contributed by atoms with Gasteiger partial charge in [0.1, 0.15) is 6.07 Å². The highest BCUT2D eigenvalue weighted by Gasteiger charge is 2.44. The van der Waals surface area contributed by atoms with Crippen LogP contribution in [0.4, 0.5) is 5.69 Å². The molecule has 1 N–H and O–H groups in total. The van der Waals surface area contributed by atoms with Gasteiger partial charge >= 0.3 is 11.7 Å². The maximum atomic E-state index is 11.0. The average Bonchev–Trinajstić information content (AvgIpc) is 3.15. The van der Waals surface area contributed by atoms with Gasteiger partial charge in [0.25, 0.3) is 0 Å². The molecule has 1 saturated carbocycles. The second-order valence-electron chi connectivity index (χ2n) is 4.78. The van der Waals surface area contributed by atoms with Crippen molar-refractivity contribution in [1.82, 2.24) is 4.98 Å². The smallest absolute Gasteiger partial charge is 0.303 e. The van der Waals surface area contributed by atoms with Crippen molar-refractivity contribution < 1.29 is 14.8 Å². The molecule has 1 heterocycles. The van der Waals surface area contributed by atoms with E-state index in [9.17, 15) is 14.9 Å². The Bertz CT molecular complexity index is 607. The number of hydrogen-bond acceptors (Lipinski definition) is 6. The summed E-state index contributed by atoms with van der Waals surface area (Å²) in [4.78, 5) is 25.1. The molecule has 0 bridgehead atoms. The fraction of sp³-hybridized carbons (Fsp3) is 0.417. The van der Waals surface area contributed by atoms with E-state index in [1.54, 1.807) is 6.07 Å². The number of thioether (sulfide) groups is 1. The Labute approximate surface area is 118 Å². The number of aliphatic carboxylic acids is 1. The normalized spacial score (nSPS) is 15.3. The summed E-state index contributed by atoms with van der Waals surface area (Å²) in [6.07, 6.45) is 2.99. The van der Waals surface area contributed by atoms with Gasteiger partial charge in [-0.1, -0.05) is 11.8 Å². The van der Waals surface area contributed by atoms with Crippen LogP contribution in [0.15, 0.2) is 17.3 Å². The zero-order valence-electron chi connectivity index (χ0n) is 10.4. The molecule has 0 unspecified atom stereocenters. The van der Waals surface area contributed by atoms with E-state index in [1.807, 2.05) is 0 Å². The molecule has 0 spiro atoms. The van der Waals surface area contributed by atoms with Crippen LogP contribution in [0.3, 0.4) is 0 Å². The number of carboxylic acids is 1. The lowest BCUT2D eigenvalue weighted by Crippen LogP contribution is -2.11. The second-order valence-corrected chi connectivity index (χ2v) is 5.74. The van der Waals surface area contributed by atoms with Crippen molar-refractivity contribution in [1.29, 1.82) is 5.26 Å². The van der Waals surface area contributed by atoms with Crippen LogP contribution in [-0.2, 0) is 4.79 Å². The minimum absolute atomic E-state index is 0.0735. The minimum Gasteiger partial charge on any atom is -0.481 e.